The van der Waals surface area contributed by atoms with E-state index in [-0.39, 0.29) is 22.4 Å². The van der Waals surface area contributed by atoms with E-state index in [0.29, 0.717) is 31.9 Å². The van der Waals surface area contributed by atoms with E-state index in [1.807, 2.05) is 11.8 Å². The number of anilines is 1. The zero-order valence-corrected chi connectivity index (χ0v) is 16.5. The molecule has 2 aromatic carbocycles. The molecule has 7 nitrogen and oxygen atoms in total. The number of benzene rings is 2. The molecule has 1 aliphatic heterocycles. The van der Waals surface area contributed by atoms with Crippen LogP contribution in [0, 0.1) is 15.9 Å². The summed E-state index contributed by atoms with van der Waals surface area (Å²) in [4.78, 5) is 15.0. The van der Waals surface area contributed by atoms with Crippen LogP contribution in [0.25, 0.3) is 0 Å². The van der Waals surface area contributed by atoms with E-state index < -0.39 is 14.8 Å². The lowest BCUT2D eigenvalue weighted by atomic mass is 10.1. The largest absolute Gasteiger partial charge is 0.363 e. The van der Waals surface area contributed by atoms with E-state index in [0.717, 1.165) is 17.9 Å². The lowest BCUT2D eigenvalue weighted by Gasteiger charge is -2.39. The van der Waals surface area contributed by atoms with Crippen molar-refractivity contribution in [3.63, 3.8) is 0 Å². The first-order chi connectivity index (χ1) is 13.2. The monoisotopic (exact) mass is 407 g/mol. The van der Waals surface area contributed by atoms with Gasteiger partial charge in [0.15, 0.2) is 9.84 Å². The van der Waals surface area contributed by atoms with Gasteiger partial charge in [-0.1, -0.05) is 12.1 Å². The van der Waals surface area contributed by atoms with Crippen LogP contribution in [0.1, 0.15) is 18.5 Å². The molecular formula is C19H22FN3O4S. The van der Waals surface area contributed by atoms with E-state index in [1.54, 1.807) is 12.1 Å². The molecule has 1 fully saturated rings. The number of nitro groups is 1. The summed E-state index contributed by atoms with van der Waals surface area (Å²) in [6, 6.07) is 10.5. The molecule has 2 aromatic rings. The van der Waals surface area contributed by atoms with Crippen LogP contribution >= 0.6 is 0 Å². The lowest BCUT2D eigenvalue weighted by Crippen LogP contribution is -2.47. The Bertz CT molecular complexity index is 971. The van der Waals surface area contributed by atoms with Gasteiger partial charge >= 0.3 is 0 Å². The second kappa shape index (κ2) is 7.84. The Kier molecular flexibility index (Phi) is 5.66. The van der Waals surface area contributed by atoms with Gasteiger partial charge in [-0.15, -0.1) is 0 Å². The van der Waals surface area contributed by atoms with E-state index in [1.165, 1.54) is 24.3 Å². The summed E-state index contributed by atoms with van der Waals surface area (Å²) in [7, 11) is -3.52. The minimum atomic E-state index is -3.52. The van der Waals surface area contributed by atoms with Gasteiger partial charge in [0.1, 0.15) is 11.5 Å². The maximum Gasteiger partial charge on any atom is 0.293 e. The topological polar surface area (TPSA) is 83.8 Å². The standard InChI is InChI=1S/C19H22FN3O4S/c1-14(15-3-5-16(20)6-4-15)21-9-11-22(12-10-21)18-8-7-17(28(2,26)27)13-19(18)23(24)25/h3-8,13-14H,9-12H2,1-2H3/t14-/m0/s1. The van der Waals surface area contributed by atoms with Crippen LogP contribution in [0.3, 0.4) is 0 Å². The quantitative estimate of drug-likeness (QED) is 0.560. The number of nitrogens with zero attached hydrogens (tertiary/aromatic N) is 3. The molecule has 1 heterocycles. The van der Waals surface area contributed by atoms with E-state index in [4.69, 9.17) is 0 Å². The number of sulfone groups is 1. The number of halogens is 1. The first-order valence-corrected chi connectivity index (χ1v) is 10.8. The fourth-order valence-corrected chi connectivity index (χ4v) is 4.09. The Labute approximate surface area is 163 Å². The maximum absolute atomic E-state index is 13.1. The van der Waals surface area contributed by atoms with Gasteiger partial charge < -0.3 is 4.90 Å². The number of hydrogen-bond donors (Lipinski definition) is 0. The molecule has 0 unspecified atom stereocenters. The predicted octanol–water partition coefficient (Wildman–Crippen LogP) is 3.02. The predicted molar refractivity (Wildman–Crippen MR) is 105 cm³/mol. The maximum atomic E-state index is 13.1. The Balaban J connectivity index is 1.76. The van der Waals surface area contributed by atoms with Crippen molar-refractivity contribution in [1.82, 2.24) is 4.90 Å². The fraction of sp³-hybridized carbons (Fsp3) is 0.368. The summed E-state index contributed by atoms with van der Waals surface area (Å²) in [6.07, 6.45) is 1.03. The lowest BCUT2D eigenvalue weighted by molar-refractivity contribution is -0.384. The highest BCUT2D eigenvalue weighted by Gasteiger charge is 2.27. The van der Waals surface area contributed by atoms with E-state index >= 15 is 0 Å². The average Bonchev–Trinajstić information content (AvgIpc) is 2.67. The molecule has 0 N–H and O–H groups in total. The molecule has 0 amide bonds. The number of nitro benzene ring substituents is 1. The Morgan fingerprint density at radius 2 is 1.68 bits per heavy atom. The van der Waals surface area contributed by atoms with Gasteiger partial charge in [-0.05, 0) is 36.8 Å². The molecule has 1 aliphatic rings. The highest BCUT2D eigenvalue weighted by atomic mass is 32.2. The molecule has 0 aromatic heterocycles. The van der Waals surface area contributed by atoms with Gasteiger partial charge in [0, 0.05) is 44.5 Å². The normalized spacial score (nSPS) is 16.8. The van der Waals surface area contributed by atoms with Crippen molar-refractivity contribution < 1.29 is 17.7 Å². The van der Waals surface area contributed by atoms with Crippen molar-refractivity contribution in [2.24, 2.45) is 0 Å². The number of rotatable bonds is 5. The van der Waals surface area contributed by atoms with Gasteiger partial charge in [-0.2, -0.15) is 0 Å². The van der Waals surface area contributed by atoms with Crippen molar-refractivity contribution >= 4 is 21.2 Å². The summed E-state index contributed by atoms with van der Waals surface area (Å²) >= 11 is 0. The fourth-order valence-electron chi connectivity index (χ4n) is 3.45. The Hall–Kier alpha value is -2.52. The van der Waals surface area contributed by atoms with Crippen molar-refractivity contribution in [1.29, 1.82) is 0 Å². The first-order valence-electron chi connectivity index (χ1n) is 8.90. The molecule has 150 valence electrons. The van der Waals surface area contributed by atoms with Crippen molar-refractivity contribution in [3.8, 4) is 0 Å². The van der Waals surface area contributed by atoms with Gasteiger partial charge in [-0.25, -0.2) is 12.8 Å². The minimum Gasteiger partial charge on any atom is -0.363 e. The summed E-state index contributed by atoms with van der Waals surface area (Å²) in [6.45, 7) is 4.56. The van der Waals surface area contributed by atoms with Gasteiger partial charge in [0.2, 0.25) is 0 Å². The molecule has 0 saturated carbocycles. The second-order valence-electron chi connectivity index (χ2n) is 6.93. The van der Waals surface area contributed by atoms with Gasteiger partial charge in [-0.3, -0.25) is 15.0 Å². The molecule has 1 atom stereocenters. The van der Waals surface area contributed by atoms with Crippen LogP contribution < -0.4 is 4.90 Å². The van der Waals surface area contributed by atoms with Gasteiger partial charge in [0.25, 0.3) is 5.69 Å². The van der Waals surface area contributed by atoms with Crippen molar-refractivity contribution in [3.05, 3.63) is 64.0 Å². The highest BCUT2D eigenvalue weighted by molar-refractivity contribution is 7.90. The summed E-state index contributed by atoms with van der Waals surface area (Å²) in [5.74, 6) is -0.273. The van der Waals surface area contributed by atoms with Crippen LogP contribution in [0.15, 0.2) is 47.4 Å². The SMILES string of the molecule is C[C@@H](c1ccc(F)cc1)N1CCN(c2ccc(S(C)(=O)=O)cc2[N+](=O)[O-])CC1. The van der Waals surface area contributed by atoms with Crippen molar-refractivity contribution in [2.45, 2.75) is 17.9 Å². The zero-order valence-electron chi connectivity index (χ0n) is 15.7. The molecule has 28 heavy (non-hydrogen) atoms. The Morgan fingerprint density at radius 1 is 1.07 bits per heavy atom. The molecule has 0 spiro atoms. The number of piperazine rings is 1. The van der Waals surface area contributed by atoms with Crippen LogP contribution in [0.2, 0.25) is 0 Å². The molecular weight excluding hydrogens is 385 g/mol. The third-order valence-electron chi connectivity index (χ3n) is 5.13. The van der Waals surface area contributed by atoms with Crippen LogP contribution in [0.4, 0.5) is 15.8 Å². The minimum absolute atomic E-state index is 0.0634. The molecule has 0 bridgehead atoms. The molecule has 0 aliphatic carbocycles. The highest BCUT2D eigenvalue weighted by Crippen LogP contribution is 2.32. The third-order valence-corrected chi connectivity index (χ3v) is 6.24. The summed E-state index contributed by atoms with van der Waals surface area (Å²) in [5, 5.41) is 11.5. The van der Waals surface area contributed by atoms with Crippen LogP contribution in [0.5, 0.6) is 0 Å². The van der Waals surface area contributed by atoms with Crippen molar-refractivity contribution in [2.75, 3.05) is 37.3 Å². The molecule has 0 radical (unpaired) electrons. The number of hydrogen-bond acceptors (Lipinski definition) is 6. The molecule has 9 heteroatoms. The zero-order chi connectivity index (χ0) is 20.5. The van der Waals surface area contributed by atoms with Gasteiger partial charge in [0.05, 0.1) is 9.82 Å². The van der Waals surface area contributed by atoms with Crippen LogP contribution in [-0.2, 0) is 9.84 Å². The smallest absolute Gasteiger partial charge is 0.293 e. The second-order valence-corrected chi connectivity index (χ2v) is 8.95. The van der Waals surface area contributed by atoms with E-state index in [2.05, 4.69) is 4.90 Å². The van der Waals surface area contributed by atoms with Crippen LogP contribution in [-0.4, -0.2) is 50.7 Å². The third kappa shape index (κ3) is 4.31. The average molecular weight is 407 g/mol. The molecule has 1 saturated heterocycles. The summed E-state index contributed by atoms with van der Waals surface area (Å²) in [5.41, 5.74) is 1.23. The molecule has 3 rings (SSSR count). The summed E-state index contributed by atoms with van der Waals surface area (Å²) < 4.78 is 36.5. The Morgan fingerprint density at radius 3 is 2.21 bits per heavy atom. The van der Waals surface area contributed by atoms with E-state index in [9.17, 15) is 22.9 Å². The first kappa shape index (κ1) is 20.2.